The van der Waals surface area contributed by atoms with E-state index in [1.54, 1.807) is 13.0 Å². The number of rotatable bonds is 3. The molecule has 0 unspecified atom stereocenters. The summed E-state index contributed by atoms with van der Waals surface area (Å²) in [5, 5.41) is 8.77. The van der Waals surface area contributed by atoms with Crippen molar-refractivity contribution in [2.45, 2.75) is 13.1 Å². The molecule has 1 aromatic carbocycles. The molecule has 0 saturated heterocycles. The lowest BCUT2D eigenvalue weighted by molar-refractivity contribution is -0.138. The molecule has 100 valence electrons. The van der Waals surface area contributed by atoms with Crippen molar-refractivity contribution >= 4 is 12.0 Å². The smallest absolute Gasteiger partial charge is 0.416 e. The van der Waals surface area contributed by atoms with E-state index in [0.29, 0.717) is 5.56 Å². The number of halogens is 3. The summed E-state index contributed by atoms with van der Waals surface area (Å²) in [7, 11) is 0. The third-order valence-electron chi connectivity index (χ3n) is 2.16. The number of nitriles is 1. The van der Waals surface area contributed by atoms with Crippen molar-refractivity contribution in [2.75, 3.05) is 6.61 Å². The molecule has 0 N–H and O–H groups in total. The van der Waals surface area contributed by atoms with E-state index < -0.39 is 17.7 Å². The van der Waals surface area contributed by atoms with Gasteiger partial charge < -0.3 is 4.74 Å². The van der Waals surface area contributed by atoms with Gasteiger partial charge >= 0.3 is 12.1 Å². The summed E-state index contributed by atoms with van der Waals surface area (Å²) in [6.07, 6.45) is -3.24. The predicted molar refractivity (Wildman–Crippen MR) is 61.7 cm³/mol. The molecule has 0 amide bonds. The lowest BCUT2D eigenvalue weighted by Gasteiger charge is -2.06. The van der Waals surface area contributed by atoms with Crippen molar-refractivity contribution in [3.63, 3.8) is 0 Å². The summed E-state index contributed by atoms with van der Waals surface area (Å²) < 4.78 is 41.6. The molecule has 0 aliphatic rings. The second-order valence-electron chi connectivity index (χ2n) is 3.51. The molecule has 0 aromatic heterocycles. The summed E-state index contributed by atoms with van der Waals surface area (Å²) in [5.41, 5.74) is -0.737. The molecule has 0 aliphatic carbocycles. The van der Waals surface area contributed by atoms with Crippen LogP contribution in [0.5, 0.6) is 0 Å². The van der Waals surface area contributed by atoms with Gasteiger partial charge in [-0.3, -0.25) is 0 Å². The van der Waals surface area contributed by atoms with Crippen LogP contribution in [0.15, 0.2) is 29.8 Å². The van der Waals surface area contributed by atoms with Crippen molar-refractivity contribution in [3.05, 3.63) is 41.0 Å². The van der Waals surface area contributed by atoms with Crippen LogP contribution in [0.2, 0.25) is 0 Å². The van der Waals surface area contributed by atoms with E-state index in [1.807, 2.05) is 0 Å². The number of alkyl halides is 3. The summed E-state index contributed by atoms with van der Waals surface area (Å²) >= 11 is 0. The quantitative estimate of drug-likeness (QED) is 0.481. The highest BCUT2D eigenvalue weighted by molar-refractivity contribution is 5.97. The first-order valence-electron chi connectivity index (χ1n) is 5.34. The van der Waals surface area contributed by atoms with E-state index in [9.17, 15) is 18.0 Å². The first-order chi connectivity index (χ1) is 8.88. The third-order valence-corrected chi connectivity index (χ3v) is 2.16. The zero-order valence-electron chi connectivity index (χ0n) is 9.99. The van der Waals surface area contributed by atoms with Gasteiger partial charge in [-0.2, -0.15) is 18.4 Å². The van der Waals surface area contributed by atoms with Crippen LogP contribution in [-0.4, -0.2) is 12.6 Å². The Bertz CT molecular complexity index is 524. The normalized spacial score (nSPS) is 11.8. The van der Waals surface area contributed by atoms with Crippen molar-refractivity contribution in [1.82, 2.24) is 0 Å². The van der Waals surface area contributed by atoms with Gasteiger partial charge in [-0.25, -0.2) is 4.79 Å². The Morgan fingerprint density at radius 1 is 1.37 bits per heavy atom. The van der Waals surface area contributed by atoms with Gasteiger partial charge in [0.2, 0.25) is 0 Å². The topological polar surface area (TPSA) is 50.1 Å². The fraction of sp³-hybridized carbons (Fsp3) is 0.231. The summed E-state index contributed by atoms with van der Waals surface area (Å²) in [6, 6.07) is 5.77. The molecule has 0 atom stereocenters. The second-order valence-corrected chi connectivity index (χ2v) is 3.51. The minimum atomic E-state index is -4.42. The van der Waals surface area contributed by atoms with Gasteiger partial charge in [-0.15, -0.1) is 0 Å². The van der Waals surface area contributed by atoms with Gasteiger partial charge in [-0.1, -0.05) is 12.1 Å². The molecule has 3 nitrogen and oxygen atoms in total. The van der Waals surface area contributed by atoms with E-state index in [1.165, 1.54) is 18.2 Å². The minimum absolute atomic E-state index is 0.116. The van der Waals surface area contributed by atoms with Crippen LogP contribution in [0.1, 0.15) is 18.1 Å². The monoisotopic (exact) mass is 269 g/mol. The number of hydrogen-bond donors (Lipinski definition) is 0. The first-order valence-corrected chi connectivity index (χ1v) is 5.34. The van der Waals surface area contributed by atoms with E-state index in [0.717, 1.165) is 12.1 Å². The number of carbonyl (C=O) groups is 1. The number of nitrogens with zero attached hydrogens (tertiary/aromatic N) is 1. The summed E-state index contributed by atoms with van der Waals surface area (Å²) in [6.45, 7) is 1.70. The maximum Gasteiger partial charge on any atom is 0.416 e. The lowest BCUT2D eigenvalue weighted by atomic mass is 10.1. The van der Waals surface area contributed by atoms with E-state index in [2.05, 4.69) is 4.74 Å². The van der Waals surface area contributed by atoms with E-state index in [4.69, 9.17) is 5.26 Å². The Labute approximate surface area is 107 Å². The fourth-order valence-corrected chi connectivity index (χ4v) is 1.28. The van der Waals surface area contributed by atoms with Gasteiger partial charge in [-0.05, 0) is 30.7 Å². The molecular weight excluding hydrogens is 259 g/mol. The van der Waals surface area contributed by atoms with Crippen LogP contribution in [0.25, 0.3) is 6.08 Å². The van der Waals surface area contributed by atoms with Crippen LogP contribution in [0, 0.1) is 11.3 Å². The Hall–Kier alpha value is -2.29. The Balaban J connectivity index is 2.98. The van der Waals surface area contributed by atoms with Gasteiger partial charge in [0.25, 0.3) is 0 Å². The van der Waals surface area contributed by atoms with Crippen molar-refractivity contribution in [3.8, 4) is 6.07 Å². The van der Waals surface area contributed by atoms with Crippen LogP contribution in [0.3, 0.4) is 0 Å². The highest BCUT2D eigenvalue weighted by Gasteiger charge is 2.29. The molecule has 0 saturated carbocycles. The highest BCUT2D eigenvalue weighted by Crippen LogP contribution is 2.29. The number of esters is 1. The number of hydrogen-bond acceptors (Lipinski definition) is 3. The molecule has 0 heterocycles. The number of ether oxygens (including phenoxy) is 1. The Morgan fingerprint density at radius 2 is 1.95 bits per heavy atom. The van der Waals surface area contributed by atoms with Gasteiger partial charge in [0.05, 0.1) is 12.2 Å². The Kier molecular flexibility index (Phi) is 4.70. The fourth-order valence-electron chi connectivity index (χ4n) is 1.28. The second kappa shape index (κ2) is 6.05. The first kappa shape index (κ1) is 14.8. The SMILES string of the molecule is CCOC(=O)/C(C#N)=C/c1ccc(C(F)(F)F)cc1. The van der Waals surface area contributed by atoms with Crippen LogP contribution >= 0.6 is 0 Å². The van der Waals surface area contributed by atoms with Crippen LogP contribution in [0.4, 0.5) is 13.2 Å². The molecule has 1 rings (SSSR count). The molecular formula is C13H10F3NO2. The van der Waals surface area contributed by atoms with Gasteiger partial charge in [0.1, 0.15) is 11.6 Å². The highest BCUT2D eigenvalue weighted by atomic mass is 19.4. The molecule has 0 aliphatic heterocycles. The molecule has 0 spiro atoms. The molecule has 0 radical (unpaired) electrons. The zero-order valence-corrected chi connectivity index (χ0v) is 9.99. The van der Waals surface area contributed by atoms with Crippen molar-refractivity contribution < 1.29 is 22.7 Å². The van der Waals surface area contributed by atoms with Crippen LogP contribution < -0.4 is 0 Å². The molecule has 0 fully saturated rings. The average molecular weight is 269 g/mol. The summed E-state index contributed by atoms with van der Waals surface area (Å²) in [5.74, 6) is -0.801. The van der Waals surface area contributed by atoms with Crippen molar-refractivity contribution in [1.29, 1.82) is 5.26 Å². The summed E-state index contributed by atoms with van der Waals surface area (Å²) in [4.78, 5) is 11.3. The lowest BCUT2D eigenvalue weighted by Crippen LogP contribution is -2.06. The van der Waals surface area contributed by atoms with E-state index >= 15 is 0 Å². The average Bonchev–Trinajstić information content (AvgIpc) is 2.35. The number of carbonyl (C=O) groups excluding carboxylic acids is 1. The molecule has 19 heavy (non-hydrogen) atoms. The zero-order chi connectivity index (χ0) is 14.5. The van der Waals surface area contributed by atoms with Gasteiger partial charge in [0.15, 0.2) is 0 Å². The molecule has 0 bridgehead atoms. The van der Waals surface area contributed by atoms with E-state index in [-0.39, 0.29) is 12.2 Å². The maximum absolute atomic E-state index is 12.3. The van der Waals surface area contributed by atoms with Crippen LogP contribution in [-0.2, 0) is 15.7 Å². The third kappa shape index (κ3) is 4.14. The minimum Gasteiger partial charge on any atom is -0.462 e. The Morgan fingerprint density at radius 3 is 2.37 bits per heavy atom. The standard InChI is InChI=1S/C13H10F3NO2/c1-2-19-12(18)10(8-17)7-9-3-5-11(6-4-9)13(14,15)16/h3-7H,2H2,1H3/b10-7+. The van der Waals surface area contributed by atoms with Crippen molar-refractivity contribution in [2.24, 2.45) is 0 Å². The molecule has 6 heteroatoms. The maximum atomic E-state index is 12.3. The van der Waals surface area contributed by atoms with Gasteiger partial charge in [0, 0.05) is 0 Å². The molecule has 1 aromatic rings. The largest absolute Gasteiger partial charge is 0.462 e. The predicted octanol–water partition coefficient (Wildman–Crippen LogP) is 3.18. The number of benzene rings is 1.